The number of fused-ring (bicyclic) bond motifs is 1. The van der Waals surface area contributed by atoms with Crippen molar-refractivity contribution in [3.8, 4) is 0 Å². The third-order valence-corrected chi connectivity index (χ3v) is 3.12. The Balaban J connectivity index is 2.14. The van der Waals surface area contributed by atoms with Crippen LogP contribution in [0.15, 0.2) is 47.5 Å². The molecule has 1 heterocycles. The van der Waals surface area contributed by atoms with Gasteiger partial charge in [-0.25, -0.2) is 4.99 Å². The molecule has 0 fully saturated rings. The Morgan fingerprint density at radius 1 is 1.11 bits per heavy atom. The fourth-order valence-corrected chi connectivity index (χ4v) is 2.33. The largest absolute Gasteiger partial charge is 0.370 e. The summed E-state index contributed by atoms with van der Waals surface area (Å²) in [7, 11) is 0. The van der Waals surface area contributed by atoms with Gasteiger partial charge in [-0.05, 0) is 23.0 Å². The molecule has 2 aromatic rings. The third kappa shape index (κ3) is 1.89. The van der Waals surface area contributed by atoms with Crippen molar-refractivity contribution in [3.63, 3.8) is 0 Å². The molecule has 0 radical (unpaired) electrons. The molecule has 2 aromatic carbocycles. The predicted molar refractivity (Wildman–Crippen MR) is 77.2 cm³/mol. The maximum Gasteiger partial charge on any atom is 0.197 e. The molecule has 1 atom stereocenters. The highest BCUT2D eigenvalue weighted by Crippen LogP contribution is 2.25. The molecule has 0 aliphatic carbocycles. The molecular weight excluding hydrogens is 244 g/mol. The van der Waals surface area contributed by atoms with Crippen molar-refractivity contribution in [2.24, 2.45) is 10.7 Å². The first-order valence-corrected chi connectivity index (χ1v) is 6.03. The van der Waals surface area contributed by atoms with E-state index in [1.807, 2.05) is 24.3 Å². The second kappa shape index (κ2) is 4.27. The van der Waals surface area contributed by atoms with Crippen molar-refractivity contribution in [3.05, 3.63) is 48.0 Å². The maximum atomic E-state index is 5.71. The Hall–Kier alpha value is -2.14. The minimum Gasteiger partial charge on any atom is -0.370 e. The van der Waals surface area contributed by atoms with Crippen LogP contribution in [-0.4, -0.2) is 11.1 Å². The van der Waals surface area contributed by atoms with Crippen LogP contribution in [0.5, 0.6) is 0 Å². The SMILES string of the molecule is NC1=N[C@@H](c2cccc3ccccc23)NC(=S)N1. The zero-order chi connectivity index (χ0) is 12.5. The molecule has 0 saturated carbocycles. The van der Waals surface area contributed by atoms with E-state index < -0.39 is 0 Å². The van der Waals surface area contributed by atoms with Crippen LogP contribution in [0, 0.1) is 0 Å². The van der Waals surface area contributed by atoms with Crippen LogP contribution in [0.1, 0.15) is 11.7 Å². The zero-order valence-electron chi connectivity index (χ0n) is 9.55. The van der Waals surface area contributed by atoms with Crippen LogP contribution in [0.4, 0.5) is 0 Å². The van der Waals surface area contributed by atoms with Gasteiger partial charge in [-0.3, -0.25) is 0 Å². The molecule has 4 nitrogen and oxygen atoms in total. The molecule has 0 unspecified atom stereocenters. The Bertz CT molecular complexity index is 645. The lowest BCUT2D eigenvalue weighted by Gasteiger charge is -2.24. The van der Waals surface area contributed by atoms with E-state index in [1.54, 1.807) is 0 Å². The summed E-state index contributed by atoms with van der Waals surface area (Å²) in [6.07, 6.45) is -0.232. The number of nitrogens with zero attached hydrogens (tertiary/aromatic N) is 1. The molecule has 0 bridgehead atoms. The fraction of sp³-hybridized carbons (Fsp3) is 0.0769. The molecule has 5 heteroatoms. The summed E-state index contributed by atoms with van der Waals surface area (Å²) in [5.74, 6) is 0.344. The Morgan fingerprint density at radius 3 is 2.72 bits per heavy atom. The number of thiocarbonyl (C=S) groups is 1. The number of guanidine groups is 1. The number of aliphatic imine (C=N–C) groups is 1. The highest BCUT2D eigenvalue weighted by molar-refractivity contribution is 7.80. The van der Waals surface area contributed by atoms with E-state index in [0.29, 0.717) is 11.1 Å². The Morgan fingerprint density at radius 2 is 1.89 bits per heavy atom. The van der Waals surface area contributed by atoms with E-state index in [0.717, 1.165) is 10.9 Å². The standard InChI is InChI=1S/C13H12N4S/c14-12-15-11(16-13(18)17-12)10-7-3-5-8-4-1-2-6-9(8)10/h1-7,11H,(H4,14,15,16,17,18)/t11-/m1/s1. The second-order valence-electron chi connectivity index (χ2n) is 4.08. The summed E-state index contributed by atoms with van der Waals surface area (Å²) < 4.78 is 0. The lowest BCUT2D eigenvalue weighted by molar-refractivity contribution is 0.665. The average Bonchev–Trinajstić information content (AvgIpc) is 2.37. The van der Waals surface area contributed by atoms with E-state index in [9.17, 15) is 0 Å². The van der Waals surface area contributed by atoms with Gasteiger partial charge in [0, 0.05) is 5.56 Å². The molecule has 4 N–H and O–H groups in total. The van der Waals surface area contributed by atoms with Gasteiger partial charge in [0.15, 0.2) is 17.2 Å². The third-order valence-electron chi connectivity index (χ3n) is 2.90. The molecule has 0 amide bonds. The van der Waals surface area contributed by atoms with Crippen LogP contribution < -0.4 is 16.4 Å². The van der Waals surface area contributed by atoms with Crippen molar-refractivity contribution < 1.29 is 0 Å². The Labute approximate surface area is 110 Å². The monoisotopic (exact) mass is 256 g/mol. The van der Waals surface area contributed by atoms with Crippen molar-refractivity contribution in [1.82, 2.24) is 10.6 Å². The van der Waals surface area contributed by atoms with E-state index in [-0.39, 0.29) is 6.17 Å². The van der Waals surface area contributed by atoms with E-state index in [4.69, 9.17) is 18.0 Å². The molecule has 90 valence electrons. The van der Waals surface area contributed by atoms with Gasteiger partial charge >= 0.3 is 0 Å². The minimum absolute atomic E-state index is 0.232. The molecule has 18 heavy (non-hydrogen) atoms. The normalized spacial score (nSPS) is 19.0. The van der Waals surface area contributed by atoms with Gasteiger partial charge in [0.05, 0.1) is 0 Å². The number of rotatable bonds is 1. The van der Waals surface area contributed by atoms with Crippen molar-refractivity contribution in [2.45, 2.75) is 6.17 Å². The smallest absolute Gasteiger partial charge is 0.197 e. The van der Waals surface area contributed by atoms with E-state index >= 15 is 0 Å². The molecule has 3 rings (SSSR count). The van der Waals surface area contributed by atoms with Crippen molar-refractivity contribution in [1.29, 1.82) is 0 Å². The molecular formula is C13H12N4S. The summed E-state index contributed by atoms with van der Waals surface area (Å²) in [6, 6.07) is 14.3. The van der Waals surface area contributed by atoms with E-state index in [2.05, 4.69) is 33.8 Å². The average molecular weight is 256 g/mol. The quantitative estimate of drug-likeness (QED) is 0.679. The zero-order valence-corrected chi connectivity index (χ0v) is 10.4. The molecule has 0 spiro atoms. The summed E-state index contributed by atoms with van der Waals surface area (Å²) in [5, 5.41) is 8.71. The summed E-state index contributed by atoms with van der Waals surface area (Å²) in [6.45, 7) is 0. The first-order chi connectivity index (χ1) is 8.74. The lowest BCUT2D eigenvalue weighted by atomic mass is 10.0. The van der Waals surface area contributed by atoms with Crippen LogP contribution in [0.25, 0.3) is 10.8 Å². The van der Waals surface area contributed by atoms with Crippen LogP contribution in [-0.2, 0) is 0 Å². The van der Waals surface area contributed by atoms with Gasteiger partial charge in [-0.2, -0.15) is 0 Å². The highest BCUT2D eigenvalue weighted by atomic mass is 32.1. The van der Waals surface area contributed by atoms with Gasteiger partial charge < -0.3 is 16.4 Å². The van der Waals surface area contributed by atoms with Gasteiger partial charge in [-0.1, -0.05) is 42.5 Å². The van der Waals surface area contributed by atoms with Crippen LogP contribution in [0.2, 0.25) is 0 Å². The number of nitrogens with one attached hydrogen (secondary N) is 2. The highest BCUT2D eigenvalue weighted by Gasteiger charge is 2.18. The molecule has 1 aliphatic heterocycles. The first-order valence-electron chi connectivity index (χ1n) is 5.62. The van der Waals surface area contributed by atoms with E-state index in [1.165, 1.54) is 5.39 Å². The summed E-state index contributed by atoms with van der Waals surface area (Å²) in [4.78, 5) is 4.34. The molecule has 0 aromatic heterocycles. The van der Waals surface area contributed by atoms with Gasteiger partial charge in [-0.15, -0.1) is 0 Å². The van der Waals surface area contributed by atoms with Gasteiger partial charge in [0.2, 0.25) is 0 Å². The number of benzene rings is 2. The van der Waals surface area contributed by atoms with Crippen LogP contribution >= 0.6 is 12.2 Å². The summed E-state index contributed by atoms with van der Waals surface area (Å²) in [5.41, 5.74) is 6.78. The molecule has 1 aliphatic rings. The Kier molecular flexibility index (Phi) is 2.60. The van der Waals surface area contributed by atoms with Gasteiger partial charge in [0.25, 0.3) is 0 Å². The second-order valence-corrected chi connectivity index (χ2v) is 4.49. The number of hydrogen-bond acceptors (Lipinski definition) is 3. The van der Waals surface area contributed by atoms with Crippen molar-refractivity contribution in [2.75, 3.05) is 0 Å². The molecule has 0 saturated heterocycles. The predicted octanol–water partition coefficient (Wildman–Crippen LogP) is 1.63. The first kappa shape index (κ1) is 11.0. The van der Waals surface area contributed by atoms with Gasteiger partial charge in [0.1, 0.15) is 0 Å². The summed E-state index contributed by atoms with van der Waals surface area (Å²) >= 11 is 5.10. The number of nitrogens with two attached hydrogens (primary N) is 1. The van der Waals surface area contributed by atoms with Crippen LogP contribution in [0.3, 0.4) is 0 Å². The minimum atomic E-state index is -0.232. The maximum absolute atomic E-state index is 5.71. The number of hydrogen-bond donors (Lipinski definition) is 3. The topological polar surface area (TPSA) is 62.4 Å². The lowest BCUT2D eigenvalue weighted by Crippen LogP contribution is -2.49. The fourth-order valence-electron chi connectivity index (χ4n) is 2.12. The van der Waals surface area contributed by atoms with Crippen molar-refractivity contribution >= 4 is 34.1 Å².